The molecule has 0 saturated carbocycles. The summed E-state index contributed by atoms with van der Waals surface area (Å²) in [5, 5.41) is 4.24. The van der Waals surface area contributed by atoms with Crippen LogP contribution in [0.15, 0.2) is 176 Å². The van der Waals surface area contributed by atoms with Crippen LogP contribution in [0, 0.1) is 12.1 Å². The van der Waals surface area contributed by atoms with Gasteiger partial charge in [0.25, 0.3) is 0 Å². The molecule has 0 atom stereocenters. The molecule has 0 bridgehead atoms. The first-order chi connectivity index (χ1) is 29.4. The van der Waals surface area contributed by atoms with Crippen LogP contribution in [-0.2, 0) is 41.9 Å². The maximum atomic E-state index is 15.2. The third kappa shape index (κ3) is 6.62. The summed E-state index contributed by atoms with van der Waals surface area (Å²) in [6.07, 6.45) is 1.89. The topological polar surface area (TPSA) is 44.1 Å². The number of aromatic nitrogens is 2. The molecule has 10 rings (SSSR count). The van der Waals surface area contributed by atoms with Gasteiger partial charge in [0.2, 0.25) is 0 Å². The van der Waals surface area contributed by atoms with Crippen molar-refractivity contribution in [3.05, 3.63) is 222 Å². The van der Waals surface area contributed by atoms with Crippen LogP contribution in [-0.4, -0.2) is 9.55 Å². The molecule has 62 heavy (non-hydrogen) atoms. The predicted octanol–water partition coefficient (Wildman–Crippen LogP) is 12.5. The number of nitrogens with zero attached hydrogens (tertiary/aromatic N) is 2. The molecule has 0 fully saturated rings. The smallest absolute Gasteiger partial charge is 0.509 e. The Labute approximate surface area is 379 Å². The van der Waals surface area contributed by atoms with E-state index in [9.17, 15) is 0 Å². The van der Waals surface area contributed by atoms with Crippen molar-refractivity contribution in [3.8, 4) is 17.3 Å². The summed E-state index contributed by atoms with van der Waals surface area (Å²) in [6.45, 7) is 13.6. The van der Waals surface area contributed by atoms with Crippen molar-refractivity contribution in [2.24, 2.45) is 0 Å². The van der Waals surface area contributed by atoms with Crippen LogP contribution >= 0.6 is 7.14 Å². The molecule has 308 valence electrons. The maximum Gasteiger partial charge on any atom is 2.00 e. The number of para-hydroxylation sites is 1. The molecule has 7 aromatic carbocycles. The van der Waals surface area contributed by atoms with E-state index < -0.39 is 12.6 Å². The SMILES string of the molecule is CC(C)(C)c1ccc(C2(c3ccc(C(C)(C)C)cc3)c3cccnc3-n3c4[c-]c(Oc5[c-]c(P(=O)(c6ccccc6)c6ccccc6)ccc5)ccc4c4cccc2c43)cc1.[Pt+2]. The Bertz CT molecular complexity index is 3040. The molecule has 0 saturated heterocycles. The normalized spacial score (nSPS) is 13.4. The van der Waals surface area contributed by atoms with Crippen LogP contribution in [0.2, 0.25) is 0 Å². The van der Waals surface area contributed by atoms with Crippen LogP contribution in [0.4, 0.5) is 0 Å². The zero-order chi connectivity index (χ0) is 42.1. The van der Waals surface area contributed by atoms with E-state index in [2.05, 4.69) is 143 Å². The van der Waals surface area contributed by atoms with Gasteiger partial charge in [-0.1, -0.05) is 186 Å². The van der Waals surface area contributed by atoms with E-state index in [-0.39, 0.29) is 31.9 Å². The first kappa shape index (κ1) is 41.6. The quantitative estimate of drug-likeness (QED) is 0.118. The summed E-state index contributed by atoms with van der Waals surface area (Å²) in [5.41, 5.74) is 8.55. The van der Waals surface area contributed by atoms with Crippen molar-refractivity contribution in [3.63, 3.8) is 0 Å². The minimum Gasteiger partial charge on any atom is -0.509 e. The number of pyridine rings is 1. The van der Waals surface area contributed by atoms with Crippen LogP contribution in [0.25, 0.3) is 27.6 Å². The zero-order valence-electron chi connectivity index (χ0n) is 35.7. The van der Waals surface area contributed by atoms with E-state index in [1.807, 2.05) is 91.1 Å². The number of benzene rings is 7. The minimum atomic E-state index is -3.26. The second kappa shape index (κ2) is 15.5. The van der Waals surface area contributed by atoms with Gasteiger partial charge in [0.15, 0.2) is 0 Å². The minimum absolute atomic E-state index is 0. The van der Waals surface area contributed by atoms with Crippen molar-refractivity contribution in [1.29, 1.82) is 0 Å². The molecule has 0 unspecified atom stereocenters. The molecule has 0 radical (unpaired) electrons. The fraction of sp³-hybridized carbons (Fsp3) is 0.161. The largest absolute Gasteiger partial charge is 2.00 e. The second-order valence-electron chi connectivity index (χ2n) is 18.2. The molecule has 1 aliphatic heterocycles. The zero-order valence-corrected chi connectivity index (χ0v) is 38.9. The number of fused-ring (bicyclic) bond motifs is 5. The molecular weight excluding hydrogens is 959 g/mol. The average Bonchev–Trinajstić information content (AvgIpc) is 3.61. The molecule has 3 heterocycles. The summed E-state index contributed by atoms with van der Waals surface area (Å²) in [7, 11) is -3.26. The van der Waals surface area contributed by atoms with Crippen LogP contribution in [0.5, 0.6) is 11.5 Å². The molecule has 6 heteroatoms. The fourth-order valence-corrected chi connectivity index (χ4v) is 11.9. The van der Waals surface area contributed by atoms with Gasteiger partial charge in [0.1, 0.15) is 13.0 Å². The van der Waals surface area contributed by atoms with Crippen molar-refractivity contribution >= 4 is 44.9 Å². The molecule has 0 aliphatic carbocycles. The van der Waals surface area contributed by atoms with E-state index in [0.29, 0.717) is 16.8 Å². The number of hydrogen-bond acceptors (Lipinski definition) is 3. The van der Waals surface area contributed by atoms with E-state index in [4.69, 9.17) is 9.72 Å². The van der Waals surface area contributed by atoms with Crippen LogP contribution in [0.3, 0.4) is 0 Å². The predicted molar refractivity (Wildman–Crippen MR) is 251 cm³/mol. The molecule has 9 aromatic rings. The van der Waals surface area contributed by atoms with Gasteiger partial charge in [-0.15, -0.1) is 29.7 Å². The van der Waals surface area contributed by atoms with Gasteiger partial charge >= 0.3 is 21.1 Å². The monoisotopic (exact) mass is 1010 g/mol. The second-order valence-corrected chi connectivity index (χ2v) is 20.9. The van der Waals surface area contributed by atoms with E-state index in [1.54, 1.807) is 0 Å². The third-order valence-corrected chi connectivity index (χ3v) is 15.4. The third-order valence-electron chi connectivity index (χ3n) is 12.4. The van der Waals surface area contributed by atoms with E-state index in [0.717, 1.165) is 43.8 Å². The Morgan fingerprint density at radius 3 is 1.68 bits per heavy atom. The summed E-state index contributed by atoms with van der Waals surface area (Å²) in [5.74, 6) is 1.85. The van der Waals surface area contributed by atoms with Crippen molar-refractivity contribution in [1.82, 2.24) is 9.55 Å². The molecule has 0 spiro atoms. The molecular formula is C56H47N2O2PPt. The molecule has 4 nitrogen and oxygen atoms in total. The summed E-state index contributed by atoms with van der Waals surface area (Å²) in [4.78, 5) is 5.20. The standard InChI is InChI=1S/C56H47N2O2P.Pt/c1-54(2,3)38-25-29-40(30-26-38)56(41-31-27-39(28-32-41)55(4,5)6)49-23-14-22-48-47-34-33-43(37-51(47)58(52(48)49)53-50(56)24-15-35-57-53)60-42-16-13-21-46(36-42)61(59,44-17-9-7-10-18-44)45-19-11-8-12-20-45;/h7-35H,1-6H3;/q-2;+2. The van der Waals surface area contributed by atoms with E-state index >= 15 is 4.57 Å². The van der Waals surface area contributed by atoms with Gasteiger partial charge in [-0.2, -0.15) is 18.2 Å². The van der Waals surface area contributed by atoms with Gasteiger partial charge in [-0.25, -0.2) is 4.98 Å². The first-order valence-corrected chi connectivity index (χ1v) is 22.7. The van der Waals surface area contributed by atoms with Gasteiger partial charge in [-0.05, 0) is 50.1 Å². The van der Waals surface area contributed by atoms with Gasteiger partial charge < -0.3 is 13.9 Å². The summed E-state index contributed by atoms with van der Waals surface area (Å²) >= 11 is 0. The number of ether oxygens (including phenoxy) is 1. The number of rotatable bonds is 7. The van der Waals surface area contributed by atoms with Crippen LogP contribution in [0.1, 0.15) is 74.9 Å². The Balaban J connectivity index is 0.00000490. The molecule has 0 N–H and O–H groups in total. The number of hydrogen-bond donors (Lipinski definition) is 0. The Kier molecular flexibility index (Phi) is 10.4. The average molecular weight is 1010 g/mol. The van der Waals surface area contributed by atoms with Crippen molar-refractivity contribution < 1.29 is 30.4 Å². The maximum absolute atomic E-state index is 15.2. The first-order valence-electron chi connectivity index (χ1n) is 21.0. The summed E-state index contributed by atoms with van der Waals surface area (Å²) < 4.78 is 24.1. The Hall–Kier alpha value is -5.79. The van der Waals surface area contributed by atoms with Crippen LogP contribution < -0.4 is 20.7 Å². The van der Waals surface area contributed by atoms with Crippen molar-refractivity contribution in [2.45, 2.75) is 57.8 Å². The van der Waals surface area contributed by atoms with Gasteiger partial charge in [-0.3, -0.25) is 0 Å². The molecule has 0 amide bonds. The van der Waals surface area contributed by atoms with Gasteiger partial charge in [0, 0.05) is 39.4 Å². The van der Waals surface area contributed by atoms with E-state index in [1.165, 1.54) is 27.8 Å². The Morgan fingerprint density at radius 2 is 1.10 bits per heavy atom. The Morgan fingerprint density at radius 1 is 0.548 bits per heavy atom. The fourth-order valence-electron chi connectivity index (χ4n) is 9.29. The molecule has 2 aromatic heterocycles. The van der Waals surface area contributed by atoms with Crippen molar-refractivity contribution in [2.75, 3.05) is 0 Å². The molecule has 1 aliphatic rings. The summed E-state index contributed by atoms with van der Waals surface area (Å²) in [6, 6.07) is 65.6. The van der Waals surface area contributed by atoms with Gasteiger partial charge in [0.05, 0.1) is 5.41 Å².